The summed E-state index contributed by atoms with van der Waals surface area (Å²) >= 11 is 1.88. The highest BCUT2D eigenvalue weighted by molar-refractivity contribution is 7.27. The van der Waals surface area contributed by atoms with E-state index in [1.165, 1.54) is 42.4 Å². The molecule has 0 fully saturated rings. The summed E-state index contributed by atoms with van der Waals surface area (Å²) in [7, 11) is 0. The van der Waals surface area contributed by atoms with Gasteiger partial charge in [-0.25, -0.2) is 0 Å². The molecule has 13 rings (SSSR count). The molecule has 300 valence electrons. The van der Waals surface area contributed by atoms with Gasteiger partial charge < -0.3 is 13.7 Å². The Bertz CT molecular complexity index is 3720. The molecule has 0 aliphatic heterocycles. The Kier molecular flexibility index (Phi) is 8.40. The van der Waals surface area contributed by atoms with Gasteiger partial charge in [-0.2, -0.15) is 0 Å². The molecule has 0 saturated carbocycles. The number of furan rings is 2. The minimum absolute atomic E-state index is 0.899. The number of anilines is 3. The van der Waals surface area contributed by atoms with E-state index >= 15 is 0 Å². The van der Waals surface area contributed by atoms with Crippen molar-refractivity contribution in [2.24, 2.45) is 0 Å². The number of para-hydroxylation sites is 2. The number of nitrogens with zero attached hydrogens (tertiary/aromatic N) is 1. The summed E-state index contributed by atoms with van der Waals surface area (Å²) < 4.78 is 14.9. The van der Waals surface area contributed by atoms with Gasteiger partial charge in [-0.1, -0.05) is 158 Å². The van der Waals surface area contributed by atoms with Gasteiger partial charge in [0.15, 0.2) is 0 Å². The molecule has 0 radical (unpaired) electrons. The first-order valence-corrected chi connectivity index (χ1v) is 22.5. The van der Waals surface area contributed by atoms with E-state index in [9.17, 15) is 0 Å². The van der Waals surface area contributed by atoms with E-state index in [2.05, 4.69) is 205 Å². The van der Waals surface area contributed by atoms with Crippen LogP contribution in [0.25, 0.3) is 109 Å². The van der Waals surface area contributed by atoms with Crippen LogP contribution in [0.5, 0.6) is 0 Å². The molecule has 4 heteroatoms. The van der Waals surface area contributed by atoms with Crippen LogP contribution in [0, 0.1) is 0 Å². The standard InChI is InChI=1S/C60H37NO2S/c1-3-12-40(13-4-1)46-32-33-53(60-58(46)50-19-11-18-47(59(50)64-60)41-14-5-2-6-15-41)61(44-28-22-38(23-29-44)42-26-34-56-51(36-42)48-16-7-9-20-54(48)62-56)45-30-24-39(25-31-45)43-27-35-57-52(37-43)49-17-8-10-21-55(49)63-57/h1-37H. The highest BCUT2D eigenvalue weighted by Gasteiger charge is 2.23. The van der Waals surface area contributed by atoms with Gasteiger partial charge in [0.05, 0.1) is 10.4 Å². The van der Waals surface area contributed by atoms with Crippen LogP contribution in [-0.2, 0) is 0 Å². The Morgan fingerprint density at radius 3 is 1.33 bits per heavy atom. The van der Waals surface area contributed by atoms with E-state index in [1.54, 1.807) is 0 Å². The molecule has 3 heterocycles. The zero-order chi connectivity index (χ0) is 42.1. The van der Waals surface area contributed by atoms with Crippen LogP contribution in [0.2, 0.25) is 0 Å². The van der Waals surface area contributed by atoms with E-state index in [0.717, 1.165) is 83.2 Å². The smallest absolute Gasteiger partial charge is 0.135 e. The topological polar surface area (TPSA) is 29.5 Å². The summed E-state index contributed by atoms with van der Waals surface area (Å²) in [5, 5.41) is 7.03. The highest BCUT2D eigenvalue weighted by atomic mass is 32.1. The third kappa shape index (κ3) is 5.95. The van der Waals surface area contributed by atoms with Crippen LogP contribution < -0.4 is 4.90 Å². The molecule has 64 heavy (non-hydrogen) atoms. The molecule has 0 atom stereocenters. The summed E-state index contributed by atoms with van der Waals surface area (Å²) in [4.78, 5) is 2.43. The van der Waals surface area contributed by atoms with Gasteiger partial charge in [-0.05, 0) is 111 Å². The Labute approximate surface area is 373 Å². The van der Waals surface area contributed by atoms with Crippen LogP contribution in [0.4, 0.5) is 17.1 Å². The Morgan fingerprint density at radius 1 is 0.297 bits per heavy atom. The summed E-state index contributed by atoms with van der Waals surface area (Å²) in [6, 6.07) is 80.6. The zero-order valence-electron chi connectivity index (χ0n) is 34.5. The molecule has 0 saturated heterocycles. The molecule has 0 amide bonds. The molecule has 3 aromatic heterocycles. The summed E-state index contributed by atoms with van der Waals surface area (Å²) in [6.45, 7) is 0. The van der Waals surface area contributed by atoms with Gasteiger partial charge in [-0.15, -0.1) is 11.3 Å². The second-order valence-corrected chi connectivity index (χ2v) is 17.4. The fraction of sp³-hybridized carbons (Fsp3) is 0. The van der Waals surface area contributed by atoms with Crippen molar-refractivity contribution in [3.8, 4) is 44.5 Å². The molecular weight excluding hydrogens is 799 g/mol. The molecular formula is C60H37NO2S. The van der Waals surface area contributed by atoms with Crippen molar-refractivity contribution in [1.29, 1.82) is 0 Å². The van der Waals surface area contributed by atoms with Gasteiger partial charge in [-0.3, -0.25) is 0 Å². The molecule has 3 nitrogen and oxygen atoms in total. The molecule has 13 aromatic rings. The van der Waals surface area contributed by atoms with Crippen molar-refractivity contribution in [2.75, 3.05) is 4.90 Å². The van der Waals surface area contributed by atoms with E-state index < -0.39 is 0 Å². The molecule has 0 spiro atoms. The van der Waals surface area contributed by atoms with Gasteiger partial charge >= 0.3 is 0 Å². The fourth-order valence-corrected chi connectivity index (χ4v) is 11.0. The van der Waals surface area contributed by atoms with Gasteiger partial charge in [0.25, 0.3) is 0 Å². The summed E-state index contributed by atoms with van der Waals surface area (Å²) in [5.41, 5.74) is 16.4. The monoisotopic (exact) mass is 835 g/mol. The number of fused-ring (bicyclic) bond motifs is 9. The van der Waals surface area contributed by atoms with E-state index in [-0.39, 0.29) is 0 Å². The maximum absolute atomic E-state index is 6.18. The quantitative estimate of drug-likeness (QED) is 0.160. The Balaban J connectivity index is 0.994. The minimum Gasteiger partial charge on any atom is -0.456 e. The van der Waals surface area contributed by atoms with Gasteiger partial charge in [0, 0.05) is 48.4 Å². The average Bonchev–Trinajstić information content (AvgIpc) is 4.07. The second kappa shape index (κ2) is 14.7. The van der Waals surface area contributed by atoms with Crippen molar-refractivity contribution in [2.45, 2.75) is 0 Å². The largest absolute Gasteiger partial charge is 0.456 e. The lowest BCUT2D eigenvalue weighted by atomic mass is 9.96. The number of benzene rings is 10. The number of hydrogen-bond acceptors (Lipinski definition) is 4. The number of rotatable bonds is 7. The van der Waals surface area contributed by atoms with Crippen LogP contribution in [-0.4, -0.2) is 0 Å². The normalized spacial score (nSPS) is 11.8. The SMILES string of the molecule is c1ccc(-c2cccc3c2sc2c(N(c4ccc(-c5ccc6oc7ccccc7c6c5)cc4)c4ccc(-c5ccc6oc7ccccc7c6c5)cc4)ccc(-c4ccccc4)c23)cc1. The van der Waals surface area contributed by atoms with Crippen molar-refractivity contribution < 1.29 is 8.83 Å². The molecule has 0 N–H and O–H groups in total. The van der Waals surface area contributed by atoms with E-state index in [0.29, 0.717) is 0 Å². The second-order valence-electron chi connectivity index (χ2n) is 16.4. The number of hydrogen-bond donors (Lipinski definition) is 0. The predicted octanol–water partition coefficient (Wildman–Crippen LogP) is 18.0. The lowest BCUT2D eigenvalue weighted by Gasteiger charge is -2.27. The Hall–Kier alpha value is -8.18. The van der Waals surface area contributed by atoms with Crippen LogP contribution in [0.3, 0.4) is 0 Å². The zero-order valence-corrected chi connectivity index (χ0v) is 35.4. The van der Waals surface area contributed by atoms with E-state index in [4.69, 9.17) is 8.83 Å². The van der Waals surface area contributed by atoms with Crippen molar-refractivity contribution in [3.05, 3.63) is 224 Å². The molecule has 0 unspecified atom stereocenters. The van der Waals surface area contributed by atoms with Crippen LogP contribution in [0.1, 0.15) is 0 Å². The maximum atomic E-state index is 6.18. The fourth-order valence-electron chi connectivity index (χ4n) is 9.61. The molecule has 0 aliphatic carbocycles. The van der Waals surface area contributed by atoms with Crippen molar-refractivity contribution >= 4 is 92.4 Å². The van der Waals surface area contributed by atoms with Crippen LogP contribution in [0.15, 0.2) is 233 Å². The summed E-state index contributed by atoms with van der Waals surface area (Å²) in [5.74, 6) is 0. The molecule has 0 aliphatic rings. The summed E-state index contributed by atoms with van der Waals surface area (Å²) in [6.07, 6.45) is 0. The minimum atomic E-state index is 0.899. The first kappa shape index (κ1) is 36.5. The van der Waals surface area contributed by atoms with Crippen LogP contribution >= 0.6 is 11.3 Å². The highest BCUT2D eigenvalue weighted by Crippen LogP contribution is 2.50. The first-order chi connectivity index (χ1) is 31.7. The lowest BCUT2D eigenvalue weighted by molar-refractivity contribution is 0.668. The average molecular weight is 836 g/mol. The molecule has 10 aromatic carbocycles. The third-order valence-corrected chi connectivity index (χ3v) is 14.0. The van der Waals surface area contributed by atoms with Gasteiger partial charge in [0.1, 0.15) is 22.3 Å². The van der Waals surface area contributed by atoms with E-state index in [1.807, 2.05) is 35.6 Å². The predicted molar refractivity (Wildman–Crippen MR) is 270 cm³/mol. The lowest BCUT2D eigenvalue weighted by Crippen LogP contribution is -2.10. The maximum Gasteiger partial charge on any atom is 0.135 e. The van der Waals surface area contributed by atoms with Crippen molar-refractivity contribution in [3.63, 3.8) is 0 Å². The van der Waals surface area contributed by atoms with Crippen molar-refractivity contribution in [1.82, 2.24) is 0 Å². The third-order valence-electron chi connectivity index (χ3n) is 12.7. The van der Waals surface area contributed by atoms with Gasteiger partial charge in [0.2, 0.25) is 0 Å². The Morgan fingerprint density at radius 2 is 0.766 bits per heavy atom. The molecule has 0 bridgehead atoms. The number of thiophene rings is 1. The first-order valence-electron chi connectivity index (χ1n) is 21.6.